The highest BCUT2D eigenvalue weighted by atomic mass is 35.5. The van der Waals surface area contributed by atoms with Crippen LogP contribution in [0.25, 0.3) is 6.08 Å². The highest BCUT2D eigenvalue weighted by Crippen LogP contribution is 2.53. The molecule has 0 unspecified atom stereocenters. The van der Waals surface area contributed by atoms with Crippen molar-refractivity contribution in [1.82, 2.24) is 4.90 Å². The van der Waals surface area contributed by atoms with E-state index in [1.54, 1.807) is 35.4 Å². The average Bonchev–Trinajstić information content (AvgIpc) is 3.16. The number of imide groups is 1. The summed E-state index contributed by atoms with van der Waals surface area (Å²) in [7, 11) is 0. The molecule has 0 aliphatic carbocycles. The minimum absolute atomic E-state index is 0.306. The summed E-state index contributed by atoms with van der Waals surface area (Å²) in [6.45, 7) is 0. The topological polar surface area (TPSA) is 83.7 Å². The predicted octanol–water partition coefficient (Wildman–Crippen LogP) is 2.34. The van der Waals surface area contributed by atoms with Gasteiger partial charge >= 0.3 is 0 Å². The van der Waals surface area contributed by atoms with E-state index in [4.69, 9.17) is 17.3 Å². The minimum atomic E-state index is -0.886. The first kappa shape index (κ1) is 17.0. The third-order valence-electron chi connectivity index (χ3n) is 5.85. The van der Waals surface area contributed by atoms with Gasteiger partial charge in [-0.15, -0.1) is 0 Å². The molecule has 4 atom stereocenters. The predicted molar refractivity (Wildman–Crippen MR) is 104 cm³/mol. The monoisotopic (exact) mass is 393 g/mol. The maximum absolute atomic E-state index is 13.4. The molecule has 2 aromatic rings. The summed E-state index contributed by atoms with van der Waals surface area (Å²) in [5.74, 6) is -2.96. The lowest BCUT2D eigenvalue weighted by Crippen LogP contribution is -2.46. The number of nitrogens with zero attached hydrogens (tertiary/aromatic N) is 2. The maximum Gasteiger partial charge on any atom is 0.240 e. The Kier molecular flexibility index (Phi) is 3.61. The summed E-state index contributed by atoms with van der Waals surface area (Å²) < 4.78 is 0. The normalized spacial score (nSPS) is 27.6. The first-order chi connectivity index (χ1) is 13.5. The number of rotatable bonds is 2. The summed E-state index contributed by atoms with van der Waals surface area (Å²) in [5.41, 5.74) is 7.89. The quantitative estimate of drug-likeness (QED) is 0.794. The molecular weight excluding hydrogens is 378 g/mol. The molecule has 140 valence electrons. The fourth-order valence-corrected chi connectivity index (χ4v) is 4.97. The molecule has 3 aliphatic heterocycles. The number of primary amides is 1. The van der Waals surface area contributed by atoms with Crippen LogP contribution in [0.4, 0.5) is 5.69 Å². The van der Waals surface area contributed by atoms with E-state index in [0.29, 0.717) is 10.7 Å². The Morgan fingerprint density at radius 3 is 2.39 bits per heavy atom. The number of anilines is 1. The molecule has 2 aromatic carbocycles. The lowest BCUT2D eigenvalue weighted by atomic mass is 9.84. The van der Waals surface area contributed by atoms with Gasteiger partial charge in [-0.1, -0.05) is 48.0 Å². The summed E-state index contributed by atoms with van der Waals surface area (Å²) >= 11 is 6.25. The number of amides is 3. The van der Waals surface area contributed by atoms with Gasteiger partial charge in [0, 0.05) is 6.20 Å². The summed E-state index contributed by atoms with van der Waals surface area (Å²) in [6.07, 6.45) is 3.64. The molecule has 7 heteroatoms. The SMILES string of the molecule is NC(=O)[C@@H]1[C@@H]2C(=O)N(c3ccccc3Cl)C(=O)[C@H]2[C@@H]2c3ccccc3C=CN12. The molecule has 0 spiro atoms. The molecular formula is C21H16ClN3O3. The average molecular weight is 394 g/mol. The van der Waals surface area contributed by atoms with E-state index in [-0.39, 0.29) is 5.91 Å². The lowest BCUT2D eigenvalue weighted by molar-refractivity contribution is -0.129. The molecule has 28 heavy (non-hydrogen) atoms. The van der Waals surface area contributed by atoms with Gasteiger partial charge in [-0.05, 0) is 29.3 Å². The second-order valence-corrected chi connectivity index (χ2v) is 7.61. The molecule has 0 saturated carbocycles. The van der Waals surface area contributed by atoms with Crippen LogP contribution in [0.2, 0.25) is 5.02 Å². The van der Waals surface area contributed by atoms with Crippen LogP contribution in [-0.4, -0.2) is 28.7 Å². The van der Waals surface area contributed by atoms with Gasteiger partial charge in [-0.3, -0.25) is 14.4 Å². The molecule has 0 radical (unpaired) electrons. The second-order valence-electron chi connectivity index (χ2n) is 7.20. The molecule has 0 aromatic heterocycles. The molecule has 3 amide bonds. The second kappa shape index (κ2) is 5.94. The minimum Gasteiger partial charge on any atom is -0.368 e. The van der Waals surface area contributed by atoms with E-state index in [0.717, 1.165) is 16.0 Å². The van der Waals surface area contributed by atoms with E-state index in [1.807, 2.05) is 30.3 Å². The number of benzene rings is 2. The van der Waals surface area contributed by atoms with Crippen LogP contribution in [-0.2, 0) is 14.4 Å². The Morgan fingerprint density at radius 2 is 1.64 bits per heavy atom. The molecule has 2 fully saturated rings. The Balaban J connectivity index is 1.67. The highest BCUT2D eigenvalue weighted by molar-refractivity contribution is 6.36. The number of halogens is 1. The van der Waals surface area contributed by atoms with Crippen LogP contribution in [0.5, 0.6) is 0 Å². The van der Waals surface area contributed by atoms with E-state index in [9.17, 15) is 14.4 Å². The number of hydrogen-bond acceptors (Lipinski definition) is 4. The molecule has 3 aliphatic rings. The van der Waals surface area contributed by atoms with Gasteiger partial charge in [0.1, 0.15) is 6.04 Å². The third-order valence-corrected chi connectivity index (χ3v) is 6.17. The van der Waals surface area contributed by atoms with Crippen molar-refractivity contribution in [3.63, 3.8) is 0 Å². The Hall–Kier alpha value is -3.12. The molecule has 5 rings (SSSR count). The van der Waals surface area contributed by atoms with Gasteiger partial charge in [0.2, 0.25) is 17.7 Å². The largest absolute Gasteiger partial charge is 0.368 e. The standard InChI is InChI=1S/C21H16ClN3O3/c22-13-7-3-4-8-14(13)25-20(27)15-16(21(25)28)18(19(23)26)24-10-9-11-5-1-2-6-12(11)17(15)24/h1-10,15-18H,(H2,23,26)/t15-,16-,17+,18+/m1/s1. The third kappa shape index (κ3) is 2.12. The zero-order chi connectivity index (χ0) is 19.6. The maximum atomic E-state index is 13.4. The number of carbonyl (C=O) groups is 3. The van der Waals surface area contributed by atoms with Crippen LogP contribution in [0.15, 0.2) is 54.7 Å². The van der Waals surface area contributed by atoms with Gasteiger partial charge in [-0.25, -0.2) is 4.90 Å². The smallest absolute Gasteiger partial charge is 0.240 e. The van der Waals surface area contributed by atoms with Crippen molar-refractivity contribution in [2.45, 2.75) is 12.1 Å². The number of hydrogen-bond donors (Lipinski definition) is 1. The van der Waals surface area contributed by atoms with Crippen LogP contribution in [0, 0.1) is 11.8 Å². The van der Waals surface area contributed by atoms with Gasteiger partial charge < -0.3 is 10.6 Å². The van der Waals surface area contributed by atoms with Crippen molar-refractivity contribution in [3.8, 4) is 0 Å². The fraction of sp³-hybridized carbons (Fsp3) is 0.190. The van der Waals surface area contributed by atoms with Crippen LogP contribution in [0.3, 0.4) is 0 Å². The Morgan fingerprint density at radius 1 is 0.964 bits per heavy atom. The van der Waals surface area contributed by atoms with Crippen LogP contribution < -0.4 is 10.6 Å². The first-order valence-electron chi connectivity index (χ1n) is 8.97. The number of nitrogens with two attached hydrogens (primary N) is 1. The molecule has 3 heterocycles. The van der Waals surface area contributed by atoms with E-state index in [1.165, 1.54) is 0 Å². The van der Waals surface area contributed by atoms with Gasteiger partial charge in [0.05, 0.1) is 28.6 Å². The van der Waals surface area contributed by atoms with Crippen molar-refractivity contribution in [1.29, 1.82) is 0 Å². The number of para-hydroxylation sites is 1. The highest BCUT2D eigenvalue weighted by Gasteiger charge is 2.64. The summed E-state index contributed by atoms with van der Waals surface area (Å²) in [5, 5.41) is 0.306. The molecule has 2 saturated heterocycles. The van der Waals surface area contributed by atoms with Crippen LogP contribution in [0.1, 0.15) is 17.2 Å². The number of carbonyl (C=O) groups excluding carboxylic acids is 3. The van der Waals surface area contributed by atoms with Crippen molar-refractivity contribution in [2.24, 2.45) is 17.6 Å². The van der Waals surface area contributed by atoms with Gasteiger partial charge in [-0.2, -0.15) is 0 Å². The lowest BCUT2D eigenvalue weighted by Gasteiger charge is -2.34. The Labute approximate surface area is 166 Å². The zero-order valence-corrected chi connectivity index (χ0v) is 15.4. The van der Waals surface area contributed by atoms with E-state index in [2.05, 4.69) is 0 Å². The molecule has 6 nitrogen and oxygen atoms in total. The van der Waals surface area contributed by atoms with Gasteiger partial charge in [0.15, 0.2) is 0 Å². The Bertz CT molecular complexity index is 1070. The first-order valence-corrected chi connectivity index (χ1v) is 9.34. The van der Waals surface area contributed by atoms with E-state index < -0.39 is 35.7 Å². The number of fused-ring (bicyclic) bond motifs is 5. The fourth-order valence-electron chi connectivity index (χ4n) is 4.75. The van der Waals surface area contributed by atoms with Crippen molar-refractivity contribution in [2.75, 3.05) is 4.90 Å². The van der Waals surface area contributed by atoms with Crippen molar-refractivity contribution >= 4 is 41.1 Å². The van der Waals surface area contributed by atoms with Crippen molar-refractivity contribution < 1.29 is 14.4 Å². The molecule has 2 N–H and O–H groups in total. The summed E-state index contributed by atoms with van der Waals surface area (Å²) in [4.78, 5) is 41.9. The van der Waals surface area contributed by atoms with E-state index >= 15 is 0 Å². The van der Waals surface area contributed by atoms with Crippen molar-refractivity contribution in [3.05, 3.63) is 70.9 Å². The van der Waals surface area contributed by atoms with Crippen LogP contribution >= 0.6 is 11.6 Å². The zero-order valence-electron chi connectivity index (χ0n) is 14.7. The van der Waals surface area contributed by atoms with Gasteiger partial charge in [0.25, 0.3) is 0 Å². The summed E-state index contributed by atoms with van der Waals surface area (Å²) in [6, 6.07) is 13.1. The molecule has 0 bridgehead atoms.